The molecule has 2 heterocycles. The molecule has 0 aromatic heterocycles. The molecule has 0 saturated carbocycles. The van der Waals surface area contributed by atoms with Gasteiger partial charge in [0.05, 0.1) is 11.2 Å². The number of rotatable bonds is 2. The van der Waals surface area contributed by atoms with Crippen LogP contribution < -0.4 is 0 Å². The number of allylic oxidation sites excluding steroid dienone is 1. The van der Waals surface area contributed by atoms with Crippen molar-refractivity contribution in [2.75, 3.05) is 6.54 Å². The molecular weight excluding hydrogens is 297 g/mol. The van der Waals surface area contributed by atoms with E-state index in [0.717, 1.165) is 24.2 Å². The first-order valence-electron chi connectivity index (χ1n) is 8.49. The molecule has 2 aliphatic heterocycles. The Balaban J connectivity index is 2.03. The van der Waals surface area contributed by atoms with Gasteiger partial charge in [-0.05, 0) is 63.0 Å². The second-order valence-corrected chi connectivity index (χ2v) is 7.43. The molecule has 126 valence electrons. The van der Waals surface area contributed by atoms with Crippen LogP contribution in [0.25, 0.3) is 5.57 Å². The van der Waals surface area contributed by atoms with Crippen molar-refractivity contribution >= 4 is 12.7 Å². The van der Waals surface area contributed by atoms with Crippen molar-refractivity contribution in [2.24, 2.45) is 0 Å². The SMILES string of the molecule is C=CN1CCc2ccccc2/C(=C\B2OC(C)(C)C(C)(C)O2)C1=C. The third-order valence-corrected chi connectivity index (χ3v) is 5.38. The second-order valence-electron chi connectivity index (χ2n) is 7.43. The average molecular weight is 323 g/mol. The Bertz CT molecular complexity index is 689. The minimum Gasteiger partial charge on any atom is -0.400 e. The monoisotopic (exact) mass is 323 g/mol. The molecule has 1 saturated heterocycles. The fourth-order valence-corrected chi connectivity index (χ4v) is 3.17. The van der Waals surface area contributed by atoms with Crippen LogP contribution in [0.15, 0.2) is 55.3 Å². The molecule has 0 radical (unpaired) electrons. The Morgan fingerprint density at radius 1 is 1.12 bits per heavy atom. The summed E-state index contributed by atoms with van der Waals surface area (Å²) in [5.74, 6) is 2.06. The standard InChI is InChI=1S/C20H26BNO2/c1-7-22-13-12-16-10-8-9-11-17(16)18(15(22)2)14-21-23-19(3,4)20(5,6)24-21/h7-11,14H,1-2,12-13H2,3-6H3/b18-14-. The Morgan fingerprint density at radius 3 is 2.38 bits per heavy atom. The Morgan fingerprint density at radius 2 is 1.75 bits per heavy atom. The zero-order valence-corrected chi connectivity index (χ0v) is 15.1. The number of hydrogen-bond donors (Lipinski definition) is 0. The highest BCUT2D eigenvalue weighted by atomic mass is 16.7. The zero-order valence-electron chi connectivity index (χ0n) is 15.1. The molecule has 3 nitrogen and oxygen atoms in total. The van der Waals surface area contributed by atoms with E-state index in [9.17, 15) is 0 Å². The van der Waals surface area contributed by atoms with Crippen molar-refractivity contribution in [3.8, 4) is 0 Å². The normalized spacial score (nSPS) is 24.0. The fourth-order valence-electron chi connectivity index (χ4n) is 3.17. The van der Waals surface area contributed by atoms with Crippen LogP contribution in [0.3, 0.4) is 0 Å². The molecule has 4 heteroatoms. The van der Waals surface area contributed by atoms with Crippen molar-refractivity contribution in [1.29, 1.82) is 0 Å². The van der Waals surface area contributed by atoms with Gasteiger partial charge in [-0.1, -0.05) is 37.4 Å². The van der Waals surface area contributed by atoms with E-state index in [1.54, 1.807) is 0 Å². The van der Waals surface area contributed by atoms with Gasteiger partial charge in [0.1, 0.15) is 0 Å². The Kier molecular flexibility index (Phi) is 4.22. The molecule has 3 rings (SSSR count). The van der Waals surface area contributed by atoms with Crippen molar-refractivity contribution in [3.63, 3.8) is 0 Å². The highest BCUT2D eigenvalue weighted by Crippen LogP contribution is 2.39. The van der Waals surface area contributed by atoms with Gasteiger partial charge in [0, 0.05) is 12.2 Å². The van der Waals surface area contributed by atoms with Gasteiger partial charge in [-0.3, -0.25) is 0 Å². The predicted molar refractivity (Wildman–Crippen MR) is 100 cm³/mol. The maximum atomic E-state index is 6.16. The van der Waals surface area contributed by atoms with Gasteiger partial charge in [0.25, 0.3) is 0 Å². The summed E-state index contributed by atoms with van der Waals surface area (Å²) in [7, 11) is -0.389. The molecular formula is C20H26BNO2. The minimum atomic E-state index is -0.389. The van der Waals surface area contributed by atoms with Crippen LogP contribution in [0.5, 0.6) is 0 Å². The molecule has 0 N–H and O–H groups in total. The average Bonchev–Trinajstić information content (AvgIpc) is 2.64. The second kappa shape index (κ2) is 5.94. The van der Waals surface area contributed by atoms with E-state index >= 15 is 0 Å². The first kappa shape index (κ1) is 17.1. The van der Waals surface area contributed by atoms with Crippen LogP contribution in [0.4, 0.5) is 0 Å². The van der Waals surface area contributed by atoms with E-state index in [1.807, 2.05) is 6.20 Å². The molecule has 0 unspecified atom stereocenters. The number of hydrogen-bond acceptors (Lipinski definition) is 3. The number of fused-ring (bicyclic) bond motifs is 1. The lowest BCUT2D eigenvalue weighted by Crippen LogP contribution is -2.41. The van der Waals surface area contributed by atoms with E-state index in [2.05, 4.69) is 76.0 Å². The molecule has 0 amide bonds. The molecule has 0 bridgehead atoms. The lowest BCUT2D eigenvalue weighted by atomic mass is 9.83. The van der Waals surface area contributed by atoms with Crippen molar-refractivity contribution in [2.45, 2.75) is 45.3 Å². The maximum Gasteiger partial charge on any atom is 0.487 e. The third kappa shape index (κ3) is 2.85. The quantitative estimate of drug-likeness (QED) is 0.761. The zero-order chi connectivity index (χ0) is 17.5. The van der Waals surface area contributed by atoms with E-state index in [0.29, 0.717) is 0 Å². The maximum absolute atomic E-state index is 6.16. The van der Waals surface area contributed by atoms with Crippen LogP contribution in [0.1, 0.15) is 38.8 Å². The third-order valence-electron chi connectivity index (χ3n) is 5.38. The number of benzene rings is 1. The summed E-state index contributed by atoms with van der Waals surface area (Å²) in [4.78, 5) is 2.09. The number of nitrogens with zero attached hydrogens (tertiary/aromatic N) is 1. The highest BCUT2D eigenvalue weighted by Gasteiger charge is 2.50. The first-order valence-corrected chi connectivity index (χ1v) is 8.49. The smallest absolute Gasteiger partial charge is 0.400 e. The van der Waals surface area contributed by atoms with Gasteiger partial charge in [-0.15, -0.1) is 0 Å². The van der Waals surface area contributed by atoms with E-state index in [4.69, 9.17) is 9.31 Å². The van der Waals surface area contributed by atoms with E-state index in [1.165, 1.54) is 11.1 Å². The van der Waals surface area contributed by atoms with Gasteiger partial charge in [-0.25, -0.2) is 0 Å². The molecule has 0 spiro atoms. The molecule has 2 aliphatic rings. The van der Waals surface area contributed by atoms with Gasteiger partial charge in [0.15, 0.2) is 0 Å². The van der Waals surface area contributed by atoms with E-state index < -0.39 is 0 Å². The summed E-state index contributed by atoms with van der Waals surface area (Å²) in [6.45, 7) is 17.4. The van der Waals surface area contributed by atoms with Crippen molar-refractivity contribution in [1.82, 2.24) is 4.90 Å². The summed E-state index contributed by atoms with van der Waals surface area (Å²) in [6, 6.07) is 8.46. The van der Waals surface area contributed by atoms with Crippen molar-refractivity contribution in [3.05, 3.63) is 66.4 Å². The largest absolute Gasteiger partial charge is 0.487 e. The van der Waals surface area contributed by atoms with Crippen LogP contribution in [-0.4, -0.2) is 29.8 Å². The van der Waals surface area contributed by atoms with Gasteiger partial charge in [-0.2, -0.15) is 0 Å². The van der Waals surface area contributed by atoms with Crippen LogP contribution in [0.2, 0.25) is 0 Å². The van der Waals surface area contributed by atoms with Crippen LogP contribution in [-0.2, 0) is 15.7 Å². The molecule has 24 heavy (non-hydrogen) atoms. The predicted octanol–water partition coefficient (Wildman–Crippen LogP) is 4.22. The van der Waals surface area contributed by atoms with E-state index in [-0.39, 0.29) is 18.3 Å². The molecule has 1 aromatic carbocycles. The Hall–Kier alpha value is -1.78. The summed E-state index contributed by atoms with van der Waals surface area (Å²) in [6.07, 6.45) is 2.80. The highest BCUT2D eigenvalue weighted by molar-refractivity contribution is 6.53. The van der Waals surface area contributed by atoms with Gasteiger partial charge in [0.2, 0.25) is 0 Å². The molecule has 0 aliphatic carbocycles. The molecule has 0 atom stereocenters. The summed E-state index contributed by atoms with van der Waals surface area (Å²) < 4.78 is 12.3. The Labute approximate surface area is 145 Å². The van der Waals surface area contributed by atoms with Crippen LogP contribution >= 0.6 is 0 Å². The fraction of sp³-hybridized carbons (Fsp3) is 0.400. The summed E-state index contributed by atoms with van der Waals surface area (Å²) in [5.41, 5.74) is 3.80. The topological polar surface area (TPSA) is 21.7 Å². The lowest BCUT2D eigenvalue weighted by Gasteiger charge is -2.32. The first-order chi connectivity index (χ1) is 11.2. The van der Waals surface area contributed by atoms with Crippen molar-refractivity contribution < 1.29 is 9.31 Å². The van der Waals surface area contributed by atoms with Crippen LogP contribution in [0, 0.1) is 0 Å². The summed E-state index contributed by atoms with van der Waals surface area (Å²) in [5, 5.41) is 0. The minimum absolute atomic E-state index is 0.349. The lowest BCUT2D eigenvalue weighted by molar-refractivity contribution is 0.00578. The van der Waals surface area contributed by atoms with Gasteiger partial charge < -0.3 is 14.2 Å². The molecule has 1 fully saturated rings. The molecule has 1 aromatic rings. The summed E-state index contributed by atoms with van der Waals surface area (Å²) >= 11 is 0. The van der Waals surface area contributed by atoms with Gasteiger partial charge >= 0.3 is 7.12 Å².